The molecule has 1 aromatic heterocycles. The Bertz CT molecular complexity index is 606. The Hall–Kier alpha value is -1.69. The molecular formula is C13H12BrFN2O2. The summed E-state index contributed by atoms with van der Waals surface area (Å²) in [6.45, 7) is 3.81. The highest BCUT2D eigenvalue weighted by Crippen LogP contribution is 2.16. The molecule has 0 bridgehead atoms. The van der Waals surface area contributed by atoms with Gasteiger partial charge in [0.1, 0.15) is 11.6 Å². The minimum atomic E-state index is -0.564. The van der Waals surface area contributed by atoms with Crippen LogP contribution in [-0.2, 0) is 6.54 Å². The Morgan fingerprint density at radius 3 is 2.79 bits per heavy atom. The van der Waals surface area contributed by atoms with Gasteiger partial charge in [0.15, 0.2) is 0 Å². The predicted molar refractivity (Wildman–Crippen MR) is 71.2 cm³/mol. The van der Waals surface area contributed by atoms with Crippen LogP contribution in [0, 0.1) is 19.7 Å². The molecule has 0 aliphatic rings. The first-order chi connectivity index (χ1) is 8.99. The number of halogens is 2. The highest BCUT2D eigenvalue weighted by Gasteiger charge is 2.14. The van der Waals surface area contributed by atoms with Crippen LogP contribution in [0.1, 0.15) is 27.4 Å². The number of rotatable bonds is 3. The largest absolute Gasteiger partial charge is 0.361 e. The molecule has 1 N–H and O–H groups in total. The molecule has 1 heterocycles. The Kier molecular flexibility index (Phi) is 3.99. The fourth-order valence-electron chi connectivity index (χ4n) is 1.69. The molecule has 0 radical (unpaired) electrons. The van der Waals surface area contributed by atoms with E-state index in [1.54, 1.807) is 19.9 Å². The standard InChI is InChI=1S/C13H12BrFN2O2/c1-7-11(8(2)19-17-7)6-16-13(18)10-4-3-9(14)5-12(10)15/h3-5H,6H2,1-2H3,(H,16,18). The average molecular weight is 327 g/mol. The summed E-state index contributed by atoms with van der Waals surface area (Å²) in [6.07, 6.45) is 0. The molecule has 0 saturated heterocycles. The maximum absolute atomic E-state index is 13.6. The summed E-state index contributed by atoms with van der Waals surface area (Å²) in [4.78, 5) is 11.9. The van der Waals surface area contributed by atoms with Gasteiger partial charge in [-0.1, -0.05) is 21.1 Å². The summed E-state index contributed by atoms with van der Waals surface area (Å²) >= 11 is 3.14. The second kappa shape index (κ2) is 5.52. The van der Waals surface area contributed by atoms with E-state index in [4.69, 9.17) is 4.52 Å². The zero-order valence-corrected chi connectivity index (χ0v) is 12.0. The van der Waals surface area contributed by atoms with Crippen LogP contribution in [0.15, 0.2) is 27.2 Å². The van der Waals surface area contributed by atoms with Gasteiger partial charge in [0.05, 0.1) is 11.3 Å². The van der Waals surface area contributed by atoms with Gasteiger partial charge < -0.3 is 9.84 Å². The van der Waals surface area contributed by atoms with Gasteiger partial charge in [0.25, 0.3) is 5.91 Å². The van der Waals surface area contributed by atoms with E-state index in [-0.39, 0.29) is 12.1 Å². The fourth-order valence-corrected chi connectivity index (χ4v) is 2.02. The van der Waals surface area contributed by atoms with Crippen molar-refractivity contribution in [2.75, 3.05) is 0 Å². The highest BCUT2D eigenvalue weighted by molar-refractivity contribution is 9.10. The molecular weight excluding hydrogens is 315 g/mol. The van der Waals surface area contributed by atoms with Crippen LogP contribution < -0.4 is 5.32 Å². The second-order valence-electron chi connectivity index (χ2n) is 4.11. The average Bonchev–Trinajstić information content (AvgIpc) is 2.66. The van der Waals surface area contributed by atoms with Gasteiger partial charge in [0.2, 0.25) is 0 Å². The van der Waals surface area contributed by atoms with Crippen molar-refractivity contribution in [3.8, 4) is 0 Å². The van der Waals surface area contributed by atoms with Gasteiger partial charge >= 0.3 is 0 Å². The SMILES string of the molecule is Cc1noc(C)c1CNC(=O)c1ccc(Br)cc1F. The van der Waals surface area contributed by atoms with E-state index < -0.39 is 11.7 Å². The molecule has 1 amide bonds. The van der Waals surface area contributed by atoms with E-state index in [0.717, 1.165) is 5.56 Å². The number of hydrogen-bond donors (Lipinski definition) is 1. The zero-order chi connectivity index (χ0) is 14.0. The van der Waals surface area contributed by atoms with E-state index in [1.165, 1.54) is 12.1 Å². The van der Waals surface area contributed by atoms with Gasteiger partial charge in [-0.15, -0.1) is 0 Å². The summed E-state index contributed by atoms with van der Waals surface area (Å²) in [5.41, 5.74) is 1.54. The van der Waals surface area contributed by atoms with Crippen molar-refractivity contribution in [2.45, 2.75) is 20.4 Å². The Morgan fingerprint density at radius 1 is 1.47 bits per heavy atom. The maximum atomic E-state index is 13.6. The molecule has 0 aliphatic heterocycles. The minimum Gasteiger partial charge on any atom is -0.361 e. The molecule has 2 aromatic rings. The highest BCUT2D eigenvalue weighted by atomic mass is 79.9. The van der Waals surface area contributed by atoms with E-state index >= 15 is 0 Å². The van der Waals surface area contributed by atoms with Crippen molar-refractivity contribution in [1.82, 2.24) is 10.5 Å². The van der Waals surface area contributed by atoms with E-state index in [0.29, 0.717) is 15.9 Å². The number of nitrogens with one attached hydrogen (secondary N) is 1. The van der Waals surface area contributed by atoms with Crippen molar-refractivity contribution in [3.05, 3.63) is 51.1 Å². The van der Waals surface area contributed by atoms with Crippen LogP contribution in [0.4, 0.5) is 4.39 Å². The third-order valence-corrected chi connectivity index (χ3v) is 3.28. The molecule has 2 rings (SSSR count). The molecule has 4 nitrogen and oxygen atoms in total. The lowest BCUT2D eigenvalue weighted by molar-refractivity contribution is 0.0946. The first kappa shape index (κ1) is 13.7. The van der Waals surface area contributed by atoms with Gasteiger partial charge in [-0.25, -0.2) is 4.39 Å². The number of carbonyl (C=O) groups is 1. The molecule has 100 valence electrons. The Morgan fingerprint density at radius 2 is 2.21 bits per heavy atom. The number of aryl methyl sites for hydroxylation is 2. The fraction of sp³-hybridized carbons (Fsp3) is 0.231. The summed E-state index contributed by atoms with van der Waals surface area (Å²) in [6, 6.07) is 4.31. The van der Waals surface area contributed by atoms with E-state index in [9.17, 15) is 9.18 Å². The Labute approximate surface area is 118 Å². The molecule has 0 aliphatic carbocycles. The first-order valence-electron chi connectivity index (χ1n) is 5.64. The monoisotopic (exact) mass is 326 g/mol. The lowest BCUT2D eigenvalue weighted by Crippen LogP contribution is -2.24. The topological polar surface area (TPSA) is 55.1 Å². The third-order valence-electron chi connectivity index (χ3n) is 2.78. The number of amides is 1. The van der Waals surface area contributed by atoms with Crippen LogP contribution in [0.25, 0.3) is 0 Å². The van der Waals surface area contributed by atoms with Crippen molar-refractivity contribution >= 4 is 21.8 Å². The molecule has 0 unspecified atom stereocenters. The van der Waals surface area contributed by atoms with Crippen molar-refractivity contribution in [1.29, 1.82) is 0 Å². The summed E-state index contributed by atoms with van der Waals surface area (Å²) in [7, 11) is 0. The summed E-state index contributed by atoms with van der Waals surface area (Å²) in [5, 5.41) is 6.44. The van der Waals surface area contributed by atoms with Crippen LogP contribution >= 0.6 is 15.9 Å². The van der Waals surface area contributed by atoms with Gasteiger partial charge in [-0.05, 0) is 32.0 Å². The van der Waals surface area contributed by atoms with Crippen molar-refractivity contribution < 1.29 is 13.7 Å². The molecule has 1 aromatic carbocycles. The van der Waals surface area contributed by atoms with Crippen molar-refractivity contribution in [2.24, 2.45) is 0 Å². The lowest BCUT2D eigenvalue weighted by atomic mass is 10.1. The van der Waals surface area contributed by atoms with E-state index in [2.05, 4.69) is 26.4 Å². The Balaban J connectivity index is 2.10. The normalized spacial score (nSPS) is 10.5. The number of benzene rings is 1. The molecule has 6 heteroatoms. The summed E-state index contributed by atoms with van der Waals surface area (Å²) < 4.78 is 19.2. The number of nitrogens with zero attached hydrogens (tertiary/aromatic N) is 1. The first-order valence-corrected chi connectivity index (χ1v) is 6.43. The van der Waals surface area contributed by atoms with Crippen molar-refractivity contribution in [3.63, 3.8) is 0 Å². The molecule has 0 fully saturated rings. The van der Waals surface area contributed by atoms with Gasteiger partial charge in [-0.2, -0.15) is 0 Å². The lowest BCUT2D eigenvalue weighted by Gasteiger charge is -2.06. The van der Waals surface area contributed by atoms with E-state index in [1.807, 2.05) is 0 Å². The second-order valence-corrected chi connectivity index (χ2v) is 5.03. The molecule has 0 saturated carbocycles. The third kappa shape index (κ3) is 3.01. The predicted octanol–water partition coefficient (Wildman–Crippen LogP) is 3.12. The van der Waals surface area contributed by atoms with Gasteiger partial charge in [-0.3, -0.25) is 4.79 Å². The maximum Gasteiger partial charge on any atom is 0.254 e. The number of aromatic nitrogens is 1. The molecule has 0 spiro atoms. The van der Waals surface area contributed by atoms with Crippen LogP contribution in [0.2, 0.25) is 0 Å². The van der Waals surface area contributed by atoms with Gasteiger partial charge in [0, 0.05) is 16.6 Å². The summed E-state index contributed by atoms with van der Waals surface area (Å²) in [5.74, 6) is -0.385. The number of hydrogen-bond acceptors (Lipinski definition) is 3. The smallest absolute Gasteiger partial charge is 0.254 e. The quantitative estimate of drug-likeness (QED) is 0.942. The molecule has 0 atom stereocenters. The van der Waals surface area contributed by atoms with Crippen LogP contribution in [0.3, 0.4) is 0 Å². The zero-order valence-electron chi connectivity index (χ0n) is 10.5. The van der Waals surface area contributed by atoms with Crippen LogP contribution in [0.5, 0.6) is 0 Å². The minimum absolute atomic E-state index is 0.00922. The molecule has 19 heavy (non-hydrogen) atoms. The number of carbonyl (C=O) groups excluding carboxylic acids is 1. The van der Waals surface area contributed by atoms with Crippen LogP contribution in [-0.4, -0.2) is 11.1 Å².